The minimum absolute atomic E-state index is 0.205. The van der Waals surface area contributed by atoms with Gasteiger partial charge in [-0.05, 0) is 54.4 Å². The molecule has 138 valence electrons. The SMILES string of the molecule is Cc1cc(NC(=O)c2cccc(F)c2)sc1C(=O)NCc1cccc(Br)c1. The Morgan fingerprint density at radius 3 is 2.59 bits per heavy atom. The molecule has 1 heterocycles. The van der Waals surface area contributed by atoms with Gasteiger partial charge < -0.3 is 10.6 Å². The molecule has 0 radical (unpaired) electrons. The molecule has 0 aliphatic carbocycles. The number of anilines is 1. The van der Waals surface area contributed by atoms with Crippen LogP contribution in [0, 0.1) is 12.7 Å². The van der Waals surface area contributed by atoms with Crippen molar-refractivity contribution in [1.82, 2.24) is 5.32 Å². The second-order valence-corrected chi connectivity index (χ2v) is 7.87. The molecule has 0 atom stereocenters. The lowest BCUT2D eigenvalue weighted by atomic mass is 10.2. The molecule has 3 aromatic rings. The fraction of sp³-hybridized carbons (Fsp3) is 0.100. The van der Waals surface area contributed by atoms with Gasteiger partial charge in [-0.15, -0.1) is 11.3 Å². The fourth-order valence-corrected chi connectivity index (χ4v) is 3.92. The molecule has 0 spiro atoms. The van der Waals surface area contributed by atoms with E-state index in [0.717, 1.165) is 15.6 Å². The van der Waals surface area contributed by atoms with Gasteiger partial charge >= 0.3 is 0 Å². The van der Waals surface area contributed by atoms with Crippen LogP contribution in [0.2, 0.25) is 0 Å². The van der Waals surface area contributed by atoms with Crippen LogP contribution in [0.15, 0.2) is 59.1 Å². The van der Waals surface area contributed by atoms with Crippen LogP contribution in [-0.2, 0) is 6.54 Å². The highest BCUT2D eigenvalue weighted by atomic mass is 79.9. The number of halogens is 2. The Morgan fingerprint density at radius 2 is 1.85 bits per heavy atom. The molecular weight excluding hydrogens is 431 g/mol. The van der Waals surface area contributed by atoms with Gasteiger partial charge in [-0.1, -0.05) is 34.1 Å². The number of rotatable bonds is 5. The van der Waals surface area contributed by atoms with Crippen molar-refractivity contribution in [3.8, 4) is 0 Å². The number of hydrogen-bond donors (Lipinski definition) is 2. The summed E-state index contributed by atoms with van der Waals surface area (Å²) >= 11 is 4.59. The third-order valence-electron chi connectivity index (χ3n) is 3.79. The minimum Gasteiger partial charge on any atom is -0.347 e. The molecule has 2 N–H and O–H groups in total. The van der Waals surface area contributed by atoms with E-state index in [1.807, 2.05) is 31.2 Å². The van der Waals surface area contributed by atoms with Gasteiger partial charge in [0.15, 0.2) is 0 Å². The van der Waals surface area contributed by atoms with E-state index in [0.29, 0.717) is 16.4 Å². The summed E-state index contributed by atoms with van der Waals surface area (Å²) in [6.07, 6.45) is 0. The van der Waals surface area contributed by atoms with E-state index in [1.165, 1.54) is 35.6 Å². The van der Waals surface area contributed by atoms with E-state index >= 15 is 0 Å². The molecule has 0 aliphatic heterocycles. The molecule has 0 saturated carbocycles. The van der Waals surface area contributed by atoms with Crippen LogP contribution >= 0.6 is 27.3 Å². The monoisotopic (exact) mass is 446 g/mol. The van der Waals surface area contributed by atoms with Crippen LogP contribution in [0.25, 0.3) is 0 Å². The zero-order valence-corrected chi connectivity index (χ0v) is 16.8. The van der Waals surface area contributed by atoms with E-state index in [1.54, 1.807) is 6.07 Å². The molecule has 0 aliphatic rings. The summed E-state index contributed by atoms with van der Waals surface area (Å²) in [6, 6.07) is 14.9. The molecule has 0 unspecified atom stereocenters. The molecule has 0 saturated heterocycles. The molecule has 7 heteroatoms. The second-order valence-electron chi connectivity index (χ2n) is 5.90. The highest BCUT2D eigenvalue weighted by Crippen LogP contribution is 2.27. The first-order chi connectivity index (χ1) is 12.9. The average molecular weight is 447 g/mol. The van der Waals surface area contributed by atoms with Crippen molar-refractivity contribution >= 4 is 44.1 Å². The maximum Gasteiger partial charge on any atom is 0.261 e. The lowest BCUT2D eigenvalue weighted by Gasteiger charge is -2.05. The number of nitrogens with one attached hydrogen (secondary N) is 2. The van der Waals surface area contributed by atoms with Crippen LogP contribution in [0.5, 0.6) is 0 Å². The molecule has 0 bridgehead atoms. The topological polar surface area (TPSA) is 58.2 Å². The van der Waals surface area contributed by atoms with E-state index in [9.17, 15) is 14.0 Å². The van der Waals surface area contributed by atoms with Gasteiger partial charge in [-0.2, -0.15) is 0 Å². The highest BCUT2D eigenvalue weighted by Gasteiger charge is 2.15. The van der Waals surface area contributed by atoms with Gasteiger partial charge in [0.05, 0.1) is 9.88 Å². The Balaban J connectivity index is 1.66. The van der Waals surface area contributed by atoms with Crippen LogP contribution in [0.3, 0.4) is 0 Å². The van der Waals surface area contributed by atoms with Crippen molar-refractivity contribution in [3.63, 3.8) is 0 Å². The van der Waals surface area contributed by atoms with E-state index in [-0.39, 0.29) is 11.5 Å². The zero-order valence-electron chi connectivity index (χ0n) is 14.4. The summed E-state index contributed by atoms with van der Waals surface area (Å²) in [5.74, 6) is -1.10. The van der Waals surface area contributed by atoms with Gasteiger partial charge in [0.1, 0.15) is 5.82 Å². The summed E-state index contributed by atoms with van der Waals surface area (Å²) < 4.78 is 14.2. The third kappa shape index (κ3) is 5.02. The predicted octanol–water partition coefficient (Wildman–Crippen LogP) is 5.14. The molecule has 4 nitrogen and oxygen atoms in total. The van der Waals surface area contributed by atoms with Crippen LogP contribution in [0.4, 0.5) is 9.39 Å². The lowest BCUT2D eigenvalue weighted by Crippen LogP contribution is -2.22. The van der Waals surface area contributed by atoms with Crippen molar-refractivity contribution in [2.45, 2.75) is 13.5 Å². The number of aryl methyl sites for hydroxylation is 1. The van der Waals surface area contributed by atoms with Crippen molar-refractivity contribution < 1.29 is 14.0 Å². The Hall–Kier alpha value is -2.51. The maximum atomic E-state index is 13.3. The maximum absolute atomic E-state index is 13.3. The van der Waals surface area contributed by atoms with Crippen LogP contribution < -0.4 is 10.6 Å². The molecule has 0 fully saturated rings. The number of amides is 2. The third-order valence-corrected chi connectivity index (χ3v) is 5.43. The van der Waals surface area contributed by atoms with Crippen LogP contribution in [0.1, 0.15) is 31.2 Å². The first-order valence-electron chi connectivity index (χ1n) is 8.12. The summed E-state index contributed by atoms with van der Waals surface area (Å²) in [7, 11) is 0. The Labute approximate surface area is 168 Å². The molecule has 3 rings (SSSR count). The number of carbonyl (C=O) groups excluding carboxylic acids is 2. The minimum atomic E-state index is -0.474. The molecular formula is C20H16BrFN2O2S. The van der Waals surface area contributed by atoms with E-state index < -0.39 is 11.7 Å². The van der Waals surface area contributed by atoms with E-state index in [4.69, 9.17) is 0 Å². The van der Waals surface area contributed by atoms with Gasteiger partial charge in [-0.25, -0.2) is 4.39 Å². The quantitative estimate of drug-likeness (QED) is 0.569. The fourth-order valence-electron chi connectivity index (χ4n) is 2.49. The number of thiophene rings is 1. The Kier molecular flexibility index (Phi) is 6.03. The number of carbonyl (C=O) groups is 2. The highest BCUT2D eigenvalue weighted by molar-refractivity contribution is 9.10. The Morgan fingerprint density at radius 1 is 1.07 bits per heavy atom. The molecule has 2 amide bonds. The predicted molar refractivity (Wildman–Crippen MR) is 109 cm³/mol. The van der Waals surface area contributed by atoms with E-state index in [2.05, 4.69) is 26.6 Å². The van der Waals surface area contributed by atoms with Gasteiger partial charge in [0.25, 0.3) is 11.8 Å². The zero-order chi connectivity index (χ0) is 19.4. The first kappa shape index (κ1) is 19.3. The number of hydrogen-bond acceptors (Lipinski definition) is 3. The van der Waals surface area contributed by atoms with Crippen molar-refractivity contribution in [1.29, 1.82) is 0 Å². The molecule has 1 aromatic heterocycles. The largest absolute Gasteiger partial charge is 0.347 e. The van der Waals surface area contributed by atoms with Crippen molar-refractivity contribution in [3.05, 3.63) is 86.5 Å². The first-order valence-corrected chi connectivity index (χ1v) is 9.73. The standard InChI is InChI=1S/C20H16BrFN2O2S/c1-12-8-17(24-19(25)14-5-3-7-16(22)10-14)27-18(12)20(26)23-11-13-4-2-6-15(21)9-13/h2-10H,11H2,1H3,(H,23,26)(H,24,25). The Bertz CT molecular complexity index is 1000. The van der Waals surface area contributed by atoms with Crippen molar-refractivity contribution in [2.24, 2.45) is 0 Å². The summed E-state index contributed by atoms with van der Waals surface area (Å²) in [4.78, 5) is 25.2. The van der Waals surface area contributed by atoms with Crippen LogP contribution in [-0.4, -0.2) is 11.8 Å². The second kappa shape index (κ2) is 8.45. The van der Waals surface area contributed by atoms with Gasteiger partial charge in [0.2, 0.25) is 0 Å². The smallest absolute Gasteiger partial charge is 0.261 e. The molecule has 2 aromatic carbocycles. The normalized spacial score (nSPS) is 10.5. The summed E-state index contributed by atoms with van der Waals surface area (Å²) in [5.41, 5.74) is 1.97. The van der Waals surface area contributed by atoms with Gasteiger partial charge in [0, 0.05) is 16.6 Å². The summed E-state index contributed by atoms with van der Waals surface area (Å²) in [6.45, 7) is 2.21. The van der Waals surface area contributed by atoms with Gasteiger partial charge in [-0.3, -0.25) is 9.59 Å². The van der Waals surface area contributed by atoms with Crippen molar-refractivity contribution in [2.75, 3.05) is 5.32 Å². The number of benzene rings is 2. The molecule has 27 heavy (non-hydrogen) atoms. The average Bonchev–Trinajstić information content (AvgIpc) is 3.00. The summed E-state index contributed by atoms with van der Waals surface area (Å²) in [5, 5.41) is 6.12. The lowest BCUT2D eigenvalue weighted by molar-refractivity contribution is 0.0953.